The fourth-order valence-electron chi connectivity index (χ4n) is 3.08. The number of nitrogens with zero attached hydrogens (tertiary/aromatic N) is 5. The lowest BCUT2D eigenvalue weighted by Gasteiger charge is -2.28. The van der Waals surface area contributed by atoms with Gasteiger partial charge >= 0.3 is 6.18 Å². The van der Waals surface area contributed by atoms with Gasteiger partial charge < -0.3 is 4.90 Å². The summed E-state index contributed by atoms with van der Waals surface area (Å²) in [7, 11) is 0. The Hall–Kier alpha value is -3.23. The SMILES string of the molecule is CCN(C(=O)c1cnn(-c2ccc(C(F)(F)F)cn2)c1C)C(C)c1cccnc1. The third-order valence-corrected chi connectivity index (χ3v) is 4.77. The summed E-state index contributed by atoms with van der Waals surface area (Å²) >= 11 is 0. The van der Waals surface area contributed by atoms with Crippen LogP contribution in [0, 0.1) is 6.92 Å². The minimum atomic E-state index is -4.46. The van der Waals surface area contributed by atoms with Crippen molar-refractivity contribution >= 4 is 5.91 Å². The second kappa shape index (κ2) is 8.02. The Morgan fingerprint density at radius 1 is 1.21 bits per heavy atom. The number of halogens is 3. The number of hydrogen-bond acceptors (Lipinski definition) is 4. The Bertz CT molecular complexity index is 984. The molecule has 3 heterocycles. The molecular weight excluding hydrogens is 383 g/mol. The van der Waals surface area contributed by atoms with Gasteiger partial charge in [0.25, 0.3) is 5.91 Å². The monoisotopic (exact) mass is 403 g/mol. The van der Waals surface area contributed by atoms with Gasteiger partial charge in [0.2, 0.25) is 0 Å². The van der Waals surface area contributed by atoms with Crippen LogP contribution >= 0.6 is 0 Å². The highest BCUT2D eigenvalue weighted by Crippen LogP contribution is 2.29. The maximum atomic E-state index is 13.1. The van der Waals surface area contributed by atoms with Crippen LogP contribution in [0.25, 0.3) is 5.82 Å². The van der Waals surface area contributed by atoms with E-state index in [0.717, 1.165) is 17.8 Å². The molecule has 0 bridgehead atoms. The number of alkyl halides is 3. The maximum Gasteiger partial charge on any atom is 0.417 e. The van der Waals surface area contributed by atoms with Crippen molar-refractivity contribution in [3.05, 3.63) is 71.4 Å². The molecule has 0 aromatic carbocycles. The smallest absolute Gasteiger partial charge is 0.332 e. The van der Waals surface area contributed by atoms with Gasteiger partial charge in [-0.2, -0.15) is 18.3 Å². The molecule has 9 heteroatoms. The summed E-state index contributed by atoms with van der Waals surface area (Å²) in [4.78, 5) is 22.8. The number of carbonyl (C=O) groups excluding carboxylic acids is 1. The molecule has 6 nitrogen and oxygen atoms in total. The van der Waals surface area contributed by atoms with Crippen LogP contribution in [-0.2, 0) is 6.18 Å². The molecule has 152 valence electrons. The van der Waals surface area contributed by atoms with Crippen molar-refractivity contribution in [1.29, 1.82) is 0 Å². The molecule has 1 atom stereocenters. The first kappa shape index (κ1) is 20.5. The molecule has 0 aliphatic rings. The van der Waals surface area contributed by atoms with Gasteiger partial charge in [-0.3, -0.25) is 9.78 Å². The maximum absolute atomic E-state index is 13.1. The summed E-state index contributed by atoms with van der Waals surface area (Å²) in [6.45, 7) is 5.94. The largest absolute Gasteiger partial charge is 0.417 e. The summed E-state index contributed by atoms with van der Waals surface area (Å²) in [6.07, 6.45) is 1.08. The Kier molecular flexibility index (Phi) is 5.67. The molecule has 3 rings (SSSR count). The predicted molar refractivity (Wildman–Crippen MR) is 100 cm³/mol. The summed E-state index contributed by atoms with van der Waals surface area (Å²) in [5.41, 5.74) is 0.922. The fourth-order valence-corrected chi connectivity index (χ4v) is 3.08. The van der Waals surface area contributed by atoms with E-state index in [-0.39, 0.29) is 17.8 Å². The van der Waals surface area contributed by atoms with E-state index in [1.165, 1.54) is 16.9 Å². The lowest BCUT2D eigenvalue weighted by molar-refractivity contribution is -0.137. The first-order valence-electron chi connectivity index (χ1n) is 9.03. The first-order valence-corrected chi connectivity index (χ1v) is 9.03. The highest BCUT2D eigenvalue weighted by molar-refractivity contribution is 5.95. The van der Waals surface area contributed by atoms with Crippen molar-refractivity contribution in [2.24, 2.45) is 0 Å². The van der Waals surface area contributed by atoms with Crippen molar-refractivity contribution in [2.75, 3.05) is 6.54 Å². The van der Waals surface area contributed by atoms with E-state index < -0.39 is 11.7 Å². The van der Waals surface area contributed by atoms with Gasteiger partial charge in [-0.25, -0.2) is 9.67 Å². The average molecular weight is 403 g/mol. The van der Waals surface area contributed by atoms with E-state index in [1.54, 1.807) is 24.2 Å². The first-order chi connectivity index (χ1) is 13.7. The summed E-state index contributed by atoms with van der Waals surface area (Å²) < 4.78 is 39.6. The van der Waals surface area contributed by atoms with E-state index in [0.29, 0.717) is 17.8 Å². The molecule has 0 spiro atoms. The standard InChI is InChI=1S/C20H20F3N5O/c1-4-27(13(2)15-6-5-9-24-10-15)19(29)17-12-26-28(14(17)3)18-8-7-16(11-25-18)20(21,22)23/h5-13H,4H2,1-3H3. The number of rotatable bonds is 5. The van der Waals surface area contributed by atoms with E-state index in [2.05, 4.69) is 15.1 Å². The van der Waals surface area contributed by atoms with Gasteiger partial charge in [0.05, 0.1) is 29.1 Å². The van der Waals surface area contributed by atoms with E-state index in [1.807, 2.05) is 26.0 Å². The van der Waals surface area contributed by atoms with E-state index >= 15 is 0 Å². The molecule has 0 saturated heterocycles. The predicted octanol–water partition coefficient (Wildman–Crippen LogP) is 4.21. The molecule has 3 aromatic heterocycles. The molecule has 0 saturated carbocycles. The number of aromatic nitrogens is 4. The van der Waals surface area contributed by atoms with E-state index in [9.17, 15) is 18.0 Å². The van der Waals surface area contributed by atoms with Gasteiger partial charge in [-0.05, 0) is 44.5 Å². The average Bonchev–Trinajstić information content (AvgIpc) is 3.09. The summed E-state index contributed by atoms with van der Waals surface area (Å²) in [5.74, 6) is -0.0163. The van der Waals surface area contributed by atoms with Crippen LogP contribution in [-0.4, -0.2) is 37.1 Å². The van der Waals surface area contributed by atoms with Gasteiger partial charge in [0, 0.05) is 25.1 Å². The lowest BCUT2D eigenvalue weighted by Crippen LogP contribution is -2.33. The topological polar surface area (TPSA) is 63.9 Å². The number of amides is 1. The van der Waals surface area contributed by atoms with Crippen molar-refractivity contribution in [3.8, 4) is 5.82 Å². The van der Waals surface area contributed by atoms with Gasteiger partial charge in [0.15, 0.2) is 5.82 Å². The highest BCUT2D eigenvalue weighted by atomic mass is 19.4. The second-order valence-electron chi connectivity index (χ2n) is 6.51. The fraction of sp³-hybridized carbons (Fsp3) is 0.300. The van der Waals surface area contributed by atoms with Crippen LogP contribution in [0.1, 0.15) is 47.1 Å². The summed E-state index contributed by atoms with van der Waals surface area (Å²) in [6, 6.07) is 5.67. The van der Waals surface area contributed by atoms with Crippen LogP contribution in [0.5, 0.6) is 0 Å². The number of carbonyl (C=O) groups is 1. The number of hydrogen-bond donors (Lipinski definition) is 0. The van der Waals surface area contributed by atoms with Crippen LogP contribution < -0.4 is 0 Å². The van der Waals surface area contributed by atoms with Crippen LogP contribution in [0.3, 0.4) is 0 Å². The molecule has 29 heavy (non-hydrogen) atoms. The Morgan fingerprint density at radius 3 is 2.52 bits per heavy atom. The molecule has 0 fully saturated rings. The Balaban J connectivity index is 1.88. The zero-order valence-electron chi connectivity index (χ0n) is 16.2. The van der Waals surface area contributed by atoms with Crippen molar-refractivity contribution in [1.82, 2.24) is 24.6 Å². The zero-order chi connectivity index (χ0) is 21.2. The lowest BCUT2D eigenvalue weighted by atomic mass is 10.1. The van der Waals surface area contributed by atoms with Gasteiger partial charge in [-0.1, -0.05) is 6.07 Å². The van der Waals surface area contributed by atoms with Crippen molar-refractivity contribution < 1.29 is 18.0 Å². The molecule has 0 aliphatic heterocycles. The van der Waals surface area contributed by atoms with Gasteiger partial charge in [0.1, 0.15) is 0 Å². The molecule has 0 N–H and O–H groups in total. The molecule has 3 aromatic rings. The minimum absolute atomic E-state index is 0.201. The van der Waals surface area contributed by atoms with Crippen LogP contribution in [0.2, 0.25) is 0 Å². The zero-order valence-corrected chi connectivity index (χ0v) is 16.2. The minimum Gasteiger partial charge on any atom is -0.332 e. The highest BCUT2D eigenvalue weighted by Gasteiger charge is 2.31. The molecule has 0 radical (unpaired) electrons. The molecule has 1 unspecified atom stereocenters. The quantitative estimate of drug-likeness (QED) is 0.640. The normalized spacial score (nSPS) is 12.6. The summed E-state index contributed by atoms with van der Waals surface area (Å²) in [5, 5.41) is 4.16. The van der Waals surface area contributed by atoms with Crippen LogP contribution in [0.4, 0.5) is 13.2 Å². The number of pyridine rings is 2. The Morgan fingerprint density at radius 2 is 1.97 bits per heavy atom. The third-order valence-electron chi connectivity index (χ3n) is 4.77. The molecule has 1 amide bonds. The third kappa shape index (κ3) is 4.13. The molecular formula is C20H20F3N5O. The molecule has 0 aliphatic carbocycles. The van der Waals surface area contributed by atoms with E-state index in [4.69, 9.17) is 0 Å². The van der Waals surface area contributed by atoms with Crippen LogP contribution in [0.15, 0.2) is 49.1 Å². The van der Waals surface area contributed by atoms with Gasteiger partial charge in [-0.15, -0.1) is 0 Å². The van der Waals surface area contributed by atoms with Crippen molar-refractivity contribution in [2.45, 2.75) is 33.0 Å². The second-order valence-corrected chi connectivity index (χ2v) is 6.51. The Labute approximate surface area is 166 Å². The van der Waals surface area contributed by atoms with Crippen molar-refractivity contribution in [3.63, 3.8) is 0 Å².